The first kappa shape index (κ1) is 11.0. The predicted molar refractivity (Wildman–Crippen MR) is 63.2 cm³/mol. The van der Waals surface area contributed by atoms with Crippen molar-refractivity contribution >= 4 is 5.97 Å². The van der Waals surface area contributed by atoms with Gasteiger partial charge in [-0.05, 0) is 17.5 Å². The van der Waals surface area contributed by atoms with Crippen LogP contribution in [0.5, 0.6) is 0 Å². The minimum atomic E-state index is -1.06. The number of benzene rings is 1. The number of carboxylic acids is 1. The van der Waals surface area contributed by atoms with Crippen LogP contribution in [0.15, 0.2) is 35.1 Å². The van der Waals surface area contributed by atoms with E-state index in [1.807, 2.05) is 12.1 Å². The van der Waals surface area contributed by atoms with Gasteiger partial charge in [0, 0.05) is 6.54 Å². The zero-order valence-electron chi connectivity index (χ0n) is 9.59. The van der Waals surface area contributed by atoms with Gasteiger partial charge in [-0.3, -0.25) is 0 Å². The molecule has 1 atom stereocenters. The summed E-state index contributed by atoms with van der Waals surface area (Å²) in [6, 6.07) is 7.97. The Kier molecular flexibility index (Phi) is 2.60. The van der Waals surface area contributed by atoms with Gasteiger partial charge >= 0.3 is 5.97 Å². The van der Waals surface area contributed by atoms with Crippen molar-refractivity contribution in [1.29, 1.82) is 0 Å². The van der Waals surface area contributed by atoms with Crippen molar-refractivity contribution in [3.8, 4) is 0 Å². The summed E-state index contributed by atoms with van der Waals surface area (Å²) in [4.78, 5) is 14.8. The molecular weight excluding hydrogens is 232 g/mol. The molecule has 0 amide bonds. The Labute approximate surface area is 103 Å². The van der Waals surface area contributed by atoms with Crippen molar-refractivity contribution in [3.05, 3.63) is 53.2 Å². The highest BCUT2D eigenvalue weighted by molar-refractivity contribution is 5.86. The van der Waals surface area contributed by atoms with Crippen LogP contribution in [0.25, 0.3) is 0 Å². The van der Waals surface area contributed by atoms with Gasteiger partial charge in [0.25, 0.3) is 0 Å². The number of hydrogen-bond donors (Lipinski definition) is 2. The average Bonchev–Trinajstić information content (AvgIpc) is 2.87. The molecule has 0 aliphatic carbocycles. The first-order valence-corrected chi connectivity index (χ1v) is 5.72. The number of fused-ring (bicyclic) bond motifs is 1. The third-order valence-electron chi connectivity index (χ3n) is 3.20. The number of rotatable bonds is 2. The monoisotopic (exact) mass is 244 g/mol. The number of hydrogen-bond acceptors (Lipinski definition) is 4. The van der Waals surface area contributed by atoms with Crippen LogP contribution in [0.2, 0.25) is 0 Å². The third kappa shape index (κ3) is 1.78. The molecular formula is C13H12N2O3. The molecule has 1 aliphatic rings. The van der Waals surface area contributed by atoms with Crippen molar-refractivity contribution in [2.45, 2.75) is 19.0 Å². The fraction of sp³-hybridized carbons (Fsp3) is 0.231. The first-order chi connectivity index (χ1) is 8.75. The summed E-state index contributed by atoms with van der Waals surface area (Å²) in [5, 5.41) is 12.3. The van der Waals surface area contributed by atoms with Gasteiger partial charge in [0.15, 0.2) is 17.8 Å². The molecule has 92 valence electrons. The van der Waals surface area contributed by atoms with Gasteiger partial charge < -0.3 is 14.8 Å². The standard InChI is InChI=1S/C13H12N2O3/c16-13(17)11-12(18-7-15-11)10-5-8-3-1-2-4-9(8)6-14-10/h1-4,7,10,14H,5-6H2,(H,16,17). The number of aromatic carboxylic acids is 1. The van der Waals surface area contributed by atoms with Crippen LogP contribution in [0, 0.1) is 0 Å². The second-order valence-corrected chi connectivity index (χ2v) is 4.28. The van der Waals surface area contributed by atoms with Gasteiger partial charge in [-0.1, -0.05) is 24.3 Å². The van der Waals surface area contributed by atoms with Crippen LogP contribution in [0.3, 0.4) is 0 Å². The molecule has 0 radical (unpaired) electrons. The van der Waals surface area contributed by atoms with E-state index in [2.05, 4.69) is 22.4 Å². The largest absolute Gasteiger partial charge is 0.476 e. The number of aromatic nitrogens is 1. The second kappa shape index (κ2) is 4.27. The highest BCUT2D eigenvalue weighted by Gasteiger charge is 2.27. The molecule has 0 bridgehead atoms. The minimum absolute atomic E-state index is 0.00752. The van der Waals surface area contributed by atoms with Crippen LogP contribution in [-0.4, -0.2) is 16.1 Å². The van der Waals surface area contributed by atoms with Crippen molar-refractivity contribution in [1.82, 2.24) is 10.3 Å². The summed E-state index contributed by atoms with van der Waals surface area (Å²) in [6.07, 6.45) is 1.90. The molecule has 18 heavy (non-hydrogen) atoms. The molecule has 0 saturated heterocycles. The molecule has 5 heteroatoms. The molecule has 1 aliphatic heterocycles. The molecule has 2 aromatic rings. The second-order valence-electron chi connectivity index (χ2n) is 4.28. The Balaban J connectivity index is 1.92. The summed E-state index contributed by atoms with van der Waals surface area (Å²) < 4.78 is 5.23. The smallest absolute Gasteiger partial charge is 0.358 e. The zero-order chi connectivity index (χ0) is 12.5. The molecule has 1 unspecified atom stereocenters. The maximum absolute atomic E-state index is 11.0. The molecule has 0 fully saturated rings. The highest BCUT2D eigenvalue weighted by atomic mass is 16.4. The molecule has 1 aromatic heterocycles. The van der Waals surface area contributed by atoms with Gasteiger partial charge in [-0.15, -0.1) is 0 Å². The van der Waals surface area contributed by atoms with Crippen molar-refractivity contribution in [2.75, 3.05) is 0 Å². The van der Waals surface area contributed by atoms with Crippen LogP contribution >= 0.6 is 0 Å². The van der Waals surface area contributed by atoms with Crippen molar-refractivity contribution < 1.29 is 14.3 Å². The fourth-order valence-electron chi connectivity index (χ4n) is 2.30. The lowest BCUT2D eigenvalue weighted by Crippen LogP contribution is -2.29. The summed E-state index contributed by atoms with van der Waals surface area (Å²) in [6.45, 7) is 0.709. The first-order valence-electron chi connectivity index (χ1n) is 5.72. The lowest BCUT2D eigenvalue weighted by molar-refractivity contribution is 0.0687. The third-order valence-corrected chi connectivity index (χ3v) is 3.20. The Morgan fingerprint density at radius 2 is 2.17 bits per heavy atom. The summed E-state index contributed by atoms with van der Waals surface area (Å²) in [5.74, 6) is -0.656. The Morgan fingerprint density at radius 3 is 2.94 bits per heavy atom. The maximum atomic E-state index is 11.0. The topological polar surface area (TPSA) is 75.4 Å². The van der Waals surface area contributed by atoms with E-state index >= 15 is 0 Å². The average molecular weight is 244 g/mol. The minimum Gasteiger partial charge on any atom is -0.476 e. The van der Waals surface area contributed by atoms with Gasteiger partial charge in [-0.25, -0.2) is 9.78 Å². The molecule has 0 spiro atoms. The van der Waals surface area contributed by atoms with Crippen LogP contribution < -0.4 is 5.32 Å². The quantitative estimate of drug-likeness (QED) is 0.841. The van der Waals surface area contributed by atoms with E-state index < -0.39 is 5.97 Å². The summed E-state index contributed by atoms with van der Waals surface area (Å²) in [5.41, 5.74) is 2.45. The van der Waals surface area contributed by atoms with E-state index in [1.54, 1.807) is 0 Å². The maximum Gasteiger partial charge on any atom is 0.358 e. The Hall–Kier alpha value is -2.14. The van der Waals surface area contributed by atoms with Gasteiger partial charge in [0.1, 0.15) is 0 Å². The summed E-state index contributed by atoms with van der Waals surface area (Å²) >= 11 is 0. The highest BCUT2D eigenvalue weighted by Crippen LogP contribution is 2.27. The predicted octanol–water partition coefficient (Wildman–Crippen LogP) is 1.76. The van der Waals surface area contributed by atoms with Gasteiger partial charge in [-0.2, -0.15) is 0 Å². The van der Waals surface area contributed by atoms with Crippen LogP contribution in [0.1, 0.15) is 33.4 Å². The lowest BCUT2D eigenvalue weighted by atomic mass is 9.94. The summed E-state index contributed by atoms with van der Waals surface area (Å²) in [7, 11) is 0. The van der Waals surface area contributed by atoms with E-state index in [4.69, 9.17) is 9.52 Å². The van der Waals surface area contributed by atoms with E-state index in [0.29, 0.717) is 18.7 Å². The van der Waals surface area contributed by atoms with E-state index in [-0.39, 0.29) is 11.7 Å². The van der Waals surface area contributed by atoms with E-state index in [1.165, 1.54) is 17.5 Å². The SMILES string of the molecule is O=C(O)c1ncoc1C1Cc2ccccc2CN1. The van der Waals surface area contributed by atoms with Gasteiger partial charge in [0.2, 0.25) is 0 Å². The normalized spacial score (nSPS) is 18.3. The lowest BCUT2D eigenvalue weighted by Gasteiger charge is -2.24. The van der Waals surface area contributed by atoms with E-state index in [9.17, 15) is 4.79 Å². The molecule has 2 N–H and O–H groups in total. The number of oxazole rings is 1. The molecule has 3 rings (SSSR count). The van der Waals surface area contributed by atoms with Gasteiger partial charge in [0.05, 0.1) is 6.04 Å². The zero-order valence-corrected chi connectivity index (χ0v) is 9.59. The van der Waals surface area contributed by atoms with Crippen molar-refractivity contribution in [2.24, 2.45) is 0 Å². The number of carbonyl (C=O) groups is 1. The molecule has 0 saturated carbocycles. The Bertz CT molecular complexity index is 591. The van der Waals surface area contributed by atoms with E-state index in [0.717, 1.165) is 0 Å². The van der Waals surface area contributed by atoms with Crippen molar-refractivity contribution in [3.63, 3.8) is 0 Å². The van der Waals surface area contributed by atoms with Crippen LogP contribution in [0.4, 0.5) is 0 Å². The van der Waals surface area contributed by atoms with Crippen LogP contribution in [-0.2, 0) is 13.0 Å². The number of nitrogens with one attached hydrogen (secondary N) is 1. The number of nitrogens with zero attached hydrogens (tertiary/aromatic N) is 1. The fourth-order valence-corrected chi connectivity index (χ4v) is 2.30. The molecule has 2 heterocycles. The number of carboxylic acid groups (broad SMARTS) is 1. The molecule has 1 aromatic carbocycles. The Morgan fingerprint density at radius 1 is 1.39 bits per heavy atom. The molecule has 5 nitrogen and oxygen atoms in total.